The number of amides is 1. The van der Waals surface area contributed by atoms with Crippen molar-refractivity contribution < 1.29 is 23.5 Å². The molecule has 5 rings (SSSR count). The Morgan fingerprint density at radius 2 is 1.82 bits per heavy atom. The average molecular weight is 520 g/mol. The molecular weight excluding hydrogens is 489 g/mol. The van der Waals surface area contributed by atoms with Gasteiger partial charge in [0.05, 0.1) is 30.6 Å². The number of benzene rings is 2. The summed E-state index contributed by atoms with van der Waals surface area (Å²) in [6.07, 6.45) is 3.46. The van der Waals surface area contributed by atoms with Crippen LogP contribution >= 0.6 is 0 Å². The number of carbonyl (C=O) groups is 2. The molecule has 8 nitrogen and oxygen atoms in total. The Labute approximate surface area is 219 Å². The molecule has 0 saturated carbocycles. The van der Waals surface area contributed by atoms with Gasteiger partial charge in [-0.1, -0.05) is 23.8 Å². The second kappa shape index (κ2) is 10.7. The van der Waals surface area contributed by atoms with E-state index in [0.29, 0.717) is 43.8 Å². The average Bonchev–Trinajstić information content (AvgIpc) is 3.46. The number of piperazine rings is 1. The number of fused-ring (bicyclic) bond motifs is 1. The van der Waals surface area contributed by atoms with Crippen molar-refractivity contribution in [3.05, 3.63) is 87.7 Å². The molecule has 3 aromatic rings. The van der Waals surface area contributed by atoms with Crippen LogP contribution in [0.5, 0.6) is 0 Å². The fraction of sp³-hybridized carbons (Fsp3) is 0.345. The smallest absolute Gasteiger partial charge is 0.345 e. The summed E-state index contributed by atoms with van der Waals surface area (Å²) in [6, 6.07) is 11.7. The number of pyridine rings is 1. The Morgan fingerprint density at radius 3 is 2.47 bits per heavy atom. The van der Waals surface area contributed by atoms with Crippen molar-refractivity contribution in [1.82, 2.24) is 9.47 Å². The fourth-order valence-corrected chi connectivity index (χ4v) is 5.10. The van der Waals surface area contributed by atoms with E-state index >= 15 is 0 Å². The van der Waals surface area contributed by atoms with Gasteiger partial charge in [-0.3, -0.25) is 9.59 Å². The molecule has 2 aliphatic heterocycles. The first-order valence-electron chi connectivity index (χ1n) is 12.8. The lowest BCUT2D eigenvalue weighted by Crippen LogP contribution is -2.52. The molecule has 1 atom stereocenters. The summed E-state index contributed by atoms with van der Waals surface area (Å²) in [5.41, 5.74) is 2.39. The van der Waals surface area contributed by atoms with Gasteiger partial charge >= 0.3 is 5.97 Å². The minimum absolute atomic E-state index is 0.0323. The third-order valence-electron chi connectivity index (χ3n) is 7.00. The summed E-state index contributed by atoms with van der Waals surface area (Å²) < 4.78 is 25.8. The van der Waals surface area contributed by atoms with Gasteiger partial charge in [0.2, 0.25) is 0 Å². The number of anilines is 1. The lowest BCUT2D eigenvalue weighted by molar-refractivity contribution is -0.139. The van der Waals surface area contributed by atoms with E-state index in [4.69, 9.17) is 9.47 Å². The monoisotopic (exact) mass is 519 g/mol. The second-order valence-corrected chi connectivity index (χ2v) is 9.53. The standard InChI is InChI=1S/C29H30FN3O5/c1-3-37-29(36)25-26(31-12-14-32(15-13-31)27(34)24-5-4-16-38-24)22-17-19(2)6-11-23(22)33(28(25)35)18-20-7-9-21(30)10-8-20/h4,6-11,16-17,24H,3,5,12-15,18H2,1-2H3. The molecule has 2 aromatic carbocycles. The molecular formula is C29H30FN3O5. The van der Waals surface area contributed by atoms with Gasteiger partial charge in [0.25, 0.3) is 11.5 Å². The van der Waals surface area contributed by atoms with Gasteiger partial charge in [-0.15, -0.1) is 0 Å². The number of halogens is 1. The van der Waals surface area contributed by atoms with Crippen LogP contribution in [0.1, 0.15) is 34.8 Å². The van der Waals surface area contributed by atoms with Gasteiger partial charge in [0.15, 0.2) is 6.10 Å². The highest BCUT2D eigenvalue weighted by Gasteiger charge is 2.32. The highest BCUT2D eigenvalue weighted by Crippen LogP contribution is 2.32. The predicted octanol–water partition coefficient (Wildman–Crippen LogP) is 3.63. The molecule has 0 radical (unpaired) electrons. The van der Waals surface area contributed by atoms with Gasteiger partial charge in [-0.25, -0.2) is 9.18 Å². The van der Waals surface area contributed by atoms with E-state index in [1.807, 2.05) is 36.1 Å². The van der Waals surface area contributed by atoms with Crippen LogP contribution in [0.4, 0.5) is 10.1 Å². The van der Waals surface area contributed by atoms with E-state index in [1.54, 1.807) is 34.8 Å². The summed E-state index contributed by atoms with van der Waals surface area (Å²) in [5.74, 6) is -1.11. The molecule has 9 heteroatoms. The summed E-state index contributed by atoms with van der Waals surface area (Å²) in [7, 11) is 0. The number of rotatable bonds is 6. The number of aromatic nitrogens is 1. The minimum Gasteiger partial charge on any atom is -0.488 e. The lowest BCUT2D eigenvalue weighted by Gasteiger charge is -2.38. The highest BCUT2D eigenvalue weighted by molar-refractivity contribution is 6.05. The van der Waals surface area contributed by atoms with Crippen LogP contribution in [0.25, 0.3) is 10.9 Å². The molecule has 0 aliphatic carbocycles. The normalized spacial score (nSPS) is 17.1. The quantitative estimate of drug-likeness (QED) is 0.463. The molecule has 0 spiro atoms. The van der Waals surface area contributed by atoms with E-state index in [0.717, 1.165) is 16.5 Å². The zero-order valence-corrected chi connectivity index (χ0v) is 21.5. The third kappa shape index (κ3) is 4.88. The topological polar surface area (TPSA) is 81.1 Å². The van der Waals surface area contributed by atoms with E-state index in [2.05, 4.69) is 0 Å². The molecule has 2 aliphatic rings. The Hall–Kier alpha value is -4.14. The Balaban J connectivity index is 1.58. The van der Waals surface area contributed by atoms with Crippen molar-refractivity contribution in [2.75, 3.05) is 37.7 Å². The molecule has 1 saturated heterocycles. The number of ether oxygens (including phenoxy) is 2. The van der Waals surface area contributed by atoms with Crippen molar-refractivity contribution in [1.29, 1.82) is 0 Å². The van der Waals surface area contributed by atoms with Crippen molar-refractivity contribution in [3.8, 4) is 0 Å². The van der Waals surface area contributed by atoms with Gasteiger partial charge < -0.3 is 23.8 Å². The maximum absolute atomic E-state index is 13.9. The molecule has 1 unspecified atom stereocenters. The number of hydrogen-bond acceptors (Lipinski definition) is 6. The number of hydrogen-bond donors (Lipinski definition) is 0. The second-order valence-electron chi connectivity index (χ2n) is 9.53. The third-order valence-corrected chi connectivity index (χ3v) is 7.00. The van der Waals surface area contributed by atoms with Crippen molar-refractivity contribution in [2.24, 2.45) is 0 Å². The van der Waals surface area contributed by atoms with Crippen LogP contribution in [0.3, 0.4) is 0 Å². The molecule has 1 fully saturated rings. The maximum atomic E-state index is 13.9. The lowest BCUT2D eigenvalue weighted by atomic mass is 10.0. The first-order valence-corrected chi connectivity index (χ1v) is 12.8. The predicted molar refractivity (Wildman–Crippen MR) is 142 cm³/mol. The molecule has 198 valence electrons. The molecule has 1 aromatic heterocycles. The molecule has 38 heavy (non-hydrogen) atoms. The van der Waals surface area contributed by atoms with E-state index in [9.17, 15) is 18.8 Å². The SMILES string of the molecule is CCOC(=O)c1c(N2CCN(C(=O)C3CC=CO3)CC2)c2cc(C)ccc2n(Cc2ccc(F)cc2)c1=O. The van der Waals surface area contributed by atoms with Crippen LogP contribution in [0, 0.1) is 12.7 Å². The van der Waals surface area contributed by atoms with Crippen LogP contribution in [-0.2, 0) is 20.8 Å². The number of aryl methyl sites for hydroxylation is 1. The number of nitrogens with zero attached hydrogens (tertiary/aromatic N) is 3. The van der Waals surface area contributed by atoms with Crippen LogP contribution in [-0.4, -0.2) is 60.2 Å². The summed E-state index contributed by atoms with van der Waals surface area (Å²) in [4.78, 5) is 43.8. The summed E-state index contributed by atoms with van der Waals surface area (Å²) in [6.45, 7) is 5.72. The zero-order valence-electron chi connectivity index (χ0n) is 21.5. The number of esters is 1. The van der Waals surface area contributed by atoms with Gasteiger partial charge in [-0.05, 0) is 49.8 Å². The molecule has 3 heterocycles. The van der Waals surface area contributed by atoms with Gasteiger partial charge in [-0.2, -0.15) is 0 Å². The minimum atomic E-state index is -0.687. The summed E-state index contributed by atoms with van der Waals surface area (Å²) in [5, 5.41) is 0.748. The zero-order chi connectivity index (χ0) is 26.8. The van der Waals surface area contributed by atoms with E-state index < -0.39 is 17.6 Å². The van der Waals surface area contributed by atoms with Crippen molar-refractivity contribution in [2.45, 2.75) is 32.9 Å². The Bertz CT molecular complexity index is 1450. The van der Waals surface area contributed by atoms with Crippen LogP contribution in [0.15, 0.2) is 59.6 Å². The maximum Gasteiger partial charge on any atom is 0.345 e. The fourth-order valence-electron chi connectivity index (χ4n) is 5.10. The molecule has 0 bridgehead atoms. The highest BCUT2D eigenvalue weighted by atomic mass is 19.1. The van der Waals surface area contributed by atoms with Crippen LogP contribution in [0.2, 0.25) is 0 Å². The first kappa shape index (κ1) is 25.5. The first-order chi connectivity index (χ1) is 18.4. The Kier molecular flexibility index (Phi) is 7.18. The number of carbonyl (C=O) groups excluding carboxylic acids is 2. The van der Waals surface area contributed by atoms with Crippen LogP contribution < -0.4 is 10.5 Å². The largest absolute Gasteiger partial charge is 0.488 e. The van der Waals surface area contributed by atoms with Crippen molar-refractivity contribution >= 4 is 28.5 Å². The van der Waals surface area contributed by atoms with Gasteiger partial charge in [0, 0.05) is 38.0 Å². The molecule has 0 N–H and O–H groups in total. The van der Waals surface area contributed by atoms with E-state index in [1.165, 1.54) is 12.1 Å². The van der Waals surface area contributed by atoms with Gasteiger partial charge in [0.1, 0.15) is 11.4 Å². The Morgan fingerprint density at radius 1 is 1.08 bits per heavy atom. The summed E-state index contributed by atoms with van der Waals surface area (Å²) >= 11 is 0. The van der Waals surface area contributed by atoms with E-state index in [-0.39, 0.29) is 30.4 Å². The molecule has 1 amide bonds. The van der Waals surface area contributed by atoms with Crippen molar-refractivity contribution in [3.63, 3.8) is 0 Å².